The Bertz CT molecular complexity index is 5230. The van der Waals surface area contributed by atoms with E-state index in [-0.39, 0.29) is 83.7 Å². The van der Waals surface area contributed by atoms with Crippen LogP contribution in [-0.2, 0) is 75.0 Å². The van der Waals surface area contributed by atoms with Crippen LogP contribution in [0.2, 0.25) is 0 Å². The van der Waals surface area contributed by atoms with Gasteiger partial charge in [-0.1, -0.05) is 87.6 Å². The van der Waals surface area contributed by atoms with Crippen LogP contribution < -0.4 is 33.7 Å². The van der Waals surface area contributed by atoms with Gasteiger partial charge in [-0.15, -0.1) is 6.58 Å². The van der Waals surface area contributed by atoms with Crippen LogP contribution in [0.3, 0.4) is 0 Å². The Balaban J connectivity index is 0.000000207. The molecule has 3 saturated heterocycles. The van der Waals surface area contributed by atoms with Gasteiger partial charge in [0.25, 0.3) is 0 Å². The summed E-state index contributed by atoms with van der Waals surface area (Å²) < 4.78 is 154. The van der Waals surface area contributed by atoms with Crippen molar-refractivity contribution >= 4 is 74.8 Å². The number of methoxy groups -OCH3 is 3. The molecule has 0 radical (unpaired) electrons. The van der Waals surface area contributed by atoms with Crippen LogP contribution >= 0.6 is 0 Å². The van der Waals surface area contributed by atoms with Gasteiger partial charge in [-0.05, 0) is 180 Å². The molecule has 129 heavy (non-hydrogen) atoms. The van der Waals surface area contributed by atoms with Gasteiger partial charge in [0.1, 0.15) is 81.7 Å². The third-order valence-corrected chi connectivity index (χ3v) is 24.1. The van der Waals surface area contributed by atoms with Crippen molar-refractivity contribution in [3.63, 3.8) is 0 Å². The van der Waals surface area contributed by atoms with E-state index < -0.39 is 187 Å². The van der Waals surface area contributed by atoms with Crippen molar-refractivity contribution < 1.29 is 112 Å². The minimum Gasteiger partial charge on any atom is -0.497 e. The van der Waals surface area contributed by atoms with Crippen molar-refractivity contribution in [2.24, 2.45) is 52.3 Å². The second-order valence-corrected chi connectivity index (χ2v) is 39.8. The van der Waals surface area contributed by atoms with Gasteiger partial charge < -0.3 is 67.2 Å². The SMILES string of the molecule is C=CC(F)(F)c1nc2ccc(OC)cc2nc1OC1CN[C@H](C(=O)OC(C)(C)C)[C@@H]1C.C=CCCC1CC1(C)OC(=O)C[C@H](C(=O)N1C[C@H](Oc2nc3cc(OC)ccc3nc2C(F)(F)C=C)[C@@H](C)[C@H]1C(=O)OC(C)(C)C)C(C)(C)C.COc1ccc2nc3c(nc2c1)O[C@H]1CN(C(=O)[C@H](C(C)(C)C)CC(=O)O[C@]2(C)C[C@H]2CC/C=C/C3(F)F)[C@H](C(=O)OC(C)(C)C)[C@@H]1C. The molecule has 3 unspecified atom stereocenters. The highest BCUT2D eigenvalue weighted by Crippen LogP contribution is 2.53. The van der Waals surface area contributed by atoms with Gasteiger partial charge in [0.15, 0.2) is 17.1 Å². The largest absolute Gasteiger partial charge is 0.497 e. The number of benzene rings is 3. The molecule has 3 aromatic heterocycles. The summed E-state index contributed by atoms with van der Waals surface area (Å²) in [4.78, 5) is 124. The number of hydrogen-bond acceptors (Lipinski definition) is 25. The smallest absolute Gasteiger partial charge is 0.329 e. The molecule has 12 rings (SSSR count). The van der Waals surface area contributed by atoms with Crippen molar-refractivity contribution in [2.45, 2.75) is 272 Å². The molecule has 3 aromatic carbocycles. The first-order valence-electron chi connectivity index (χ1n) is 43.6. The van der Waals surface area contributed by atoms with Crippen molar-refractivity contribution in [1.82, 2.24) is 45.0 Å². The molecule has 27 nitrogen and oxygen atoms in total. The van der Waals surface area contributed by atoms with Crippen LogP contribution in [0.25, 0.3) is 33.1 Å². The van der Waals surface area contributed by atoms with Gasteiger partial charge in [0.2, 0.25) is 29.5 Å². The predicted molar refractivity (Wildman–Crippen MR) is 470 cm³/mol. The van der Waals surface area contributed by atoms with Crippen molar-refractivity contribution in [1.29, 1.82) is 0 Å². The summed E-state index contributed by atoms with van der Waals surface area (Å²) >= 11 is 0. The van der Waals surface area contributed by atoms with Crippen LogP contribution in [0.5, 0.6) is 34.9 Å². The molecule has 6 aromatic rings. The molecular formula is C96H125F6N9O18. The Labute approximate surface area is 750 Å². The number of carbonyl (C=O) groups excluding carboxylic acids is 7. The third-order valence-electron chi connectivity index (χ3n) is 24.1. The summed E-state index contributed by atoms with van der Waals surface area (Å²) in [5.41, 5.74) is -5.66. The van der Waals surface area contributed by atoms with E-state index in [1.165, 1.54) is 43.3 Å². The van der Waals surface area contributed by atoms with Gasteiger partial charge in [0.05, 0.1) is 92.2 Å². The number of alkyl halides is 6. The summed E-state index contributed by atoms with van der Waals surface area (Å²) in [6, 6.07) is 11.2. The lowest BCUT2D eigenvalue weighted by Gasteiger charge is -2.35. The molecule has 0 spiro atoms. The van der Waals surface area contributed by atoms with Crippen LogP contribution in [0.1, 0.15) is 207 Å². The molecule has 1 N–H and O–H groups in total. The topological polar surface area (TPSA) is 317 Å². The molecule has 15 atom stereocenters. The number of ether oxygens (including phenoxy) is 11. The molecule has 2 aliphatic carbocycles. The maximum Gasteiger partial charge on any atom is 0.329 e. The number of rotatable bonds is 21. The summed E-state index contributed by atoms with van der Waals surface area (Å²) in [6.45, 7) is 45.8. The monoisotopic (exact) mass is 1810 g/mol. The summed E-state index contributed by atoms with van der Waals surface area (Å²) in [5, 5.41) is 3.05. The Kier molecular flexibility index (Phi) is 29.9. The second kappa shape index (κ2) is 38.4. The molecule has 5 fully saturated rings. The number of nitrogens with zero attached hydrogens (tertiary/aromatic N) is 8. The fourth-order valence-corrected chi connectivity index (χ4v) is 16.4. The zero-order valence-electron chi connectivity index (χ0n) is 78.2. The average Bonchev–Trinajstić information content (AvgIpc) is 1.76. The molecule has 4 aliphatic heterocycles. The van der Waals surface area contributed by atoms with Gasteiger partial charge in [0, 0.05) is 54.3 Å². The number of esters is 5. The summed E-state index contributed by atoms with van der Waals surface area (Å²) in [5.74, 6) is -17.4. The molecule has 6 aliphatic rings. The quantitative estimate of drug-likeness (QED) is 0.0303. The predicted octanol–water partition coefficient (Wildman–Crippen LogP) is 17.2. The molecule has 7 heterocycles. The van der Waals surface area contributed by atoms with Gasteiger partial charge in [-0.2, -0.15) is 26.3 Å². The number of halogens is 6. The first-order chi connectivity index (χ1) is 59.8. The highest BCUT2D eigenvalue weighted by atomic mass is 19.3. The minimum atomic E-state index is -3.61. The lowest BCUT2D eigenvalue weighted by Crippen LogP contribution is -2.50. The van der Waals surface area contributed by atoms with Crippen LogP contribution in [-0.4, -0.2) is 187 Å². The number of hydrogen-bond donors (Lipinski definition) is 1. The third kappa shape index (κ3) is 24.1. The van der Waals surface area contributed by atoms with E-state index in [9.17, 15) is 42.3 Å². The van der Waals surface area contributed by atoms with E-state index in [1.807, 2.05) is 61.5 Å². The number of carbonyl (C=O) groups is 7. The number of nitrogens with one attached hydrogen (secondary N) is 1. The number of aromatic nitrogens is 6. The number of amides is 2. The first kappa shape index (κ1) is 100. The van der Waals surface area contributed by atoms with E-state index >= 15 is 17.6 Å². The van der Waals surface area contributed by atoms with Crippen molar-refractivity contribution in [2.75, 3.05) is 41.0 Å². The van der Waals surface area contributed by atoms with Crippen molar-refractivity contribution in [3.05, 3.63) is 122 Å². The molecule has 704 valence electrons. The number of fused-ring (bicyclic) bond motifs is 7. The van der Waals surface area contributed by atoms with Gasteiger partial charge in [-0.3, -0.25) is 24.0 Å². The molecule has 2 bridgehead atoms. The maximum absolute atomic E-state index is 16.0. The Morgan fingerprint density at radius 3 is 1.60 bits per heavy atom. The zero-order valence-corrected chi connectivity index (χ0v) is 78.2. The normalized spacial score (nSPS) is 25.9. The van der Waals surface area contributed by atoms with Gasteiger partial charge in [-0.25, -0.2) is 39.5 Å². The van der Waals surface area contributed by atoms with Crippen LogP contribution in [0, 0.1) is 52.3 Å². The molecule has 2 saturated carbocycles. The Hall–Kier alpha value is -10.7. The highest BCUT2D eigenvalue weighted by Gasteiger charge is 2.58. The number of allylic oxidation sites excluding steroid dienone is 5. The minimum absolute atomic E-state index is 0.00605. The Morgan fingerprint density at radius 1 is 0.620 bits per heavy atom. The number of likely N-dealkylation sites (tertiary alicyclic amines) is 1. The second-order valence-electron chi connectivity index (χ2n) is 39.8. The first-order valence-corrected chi connectivity index (χ1v) is 43.6. The van der Waals surface area contributed by atoms with E-state index in [0.29, 0.717) is 54.2 Å². The summed E-state index contributed by atoms with van der Waals surface area (Å²) in [7, 11) is 4.44. The van der Waals surface area contributed by atoms with Crippen LogP contribution in [0.15, 0.2) is 105 Å². The van der Waals surface area contributed by atoms with Crippen LogP contribution in [0.4, 0.5) is 26.3 Å². The van der Waals surface area contributed by atoms with Gasteiger partial charge >= 0.3 is 47.6 Å². The fraction of sp³-hybridized carbons (Fsp3) is 0.594. The molecule has 2 amide bonds. The maximum atomic E-state index is 16.0. The lowest BCUT2D eigenvalue weighted by atomic mass is 9.77. The Morgan fingerprint density at radius 2 is 1.12 bits per heavy atom. The molecule has 33 heteroatoms. The summed E-state index contributed by atoms with van der Waals surface area (Å²) in [6.07, 6.45) is 5.95. The highest BCUT2D eigenvalue weighted by molar-refractivity contribution is 5.91. The van der Waals surface area contributed by atoms with E-state index in [0.717, 1.165) is 25.3 Å². The van der Waals surface area contributed by atoms with E-state index in [2.05, 4.69) is 55.0 Å². The zero-order chi connectivity index (χ0) is 95.8. The lowest BCUT2D eigenvalue weighted by molar-refractivity contribution is -0.167. The molecular weight excluding hydrogens is 1680 g/mol. The standard InChI is InChI=1S/C38H51F2N3O7.C36H47F2N3O7.C22H27F2N3O4/c1-12-14-15-23-20-37(23,10)49-29(44)19-25(35(4,5)6)33(45)43-21-28(22(3)30(43)34(46)50-36(7,8)9)48-32-31(38(39,40)13-2)41-26-17-16-24(47-11)18-27(26)42-32;1-20-26-19-41(28(20)32(44)48-34(5,6)7)31(43)23(33(2,3)4)17-27(42)47-35(8)18-21(35)12-10-11-15-36(37,38)29-30(46-26)40-25-16-22(45-9)13-14-24(25)39-29;1-7-22(23,24)18-19(27-15-10-13(29-6)8-9-14(15)26-18)30-16-11-25-17(12(16)2)20(28)31-21(3,4)5/h12-13,16-18,22-23,25,28,30H,1-2,14-15,19-21H2,3-11H3;11,13-16,20-21,23,26,28H,10,12,17-19H2,1-9H3;7-10,12,16-17,25H,1,11H2,2-6H3/b;15-11+;/t22-,23?,25-,28+,30+,37?;20-,21-,23-,26+,28+,35-;12-,16?,17+/m111/s1. The average molecular weight is 1810 g/mol. The fourth-order valence-electron chi connectivity index (χ4n) is 16.4. The van der Waals surface area contributed by atoms with E-state index in [4.69, 9.17) is 52.1 Å². The van der Waals surface area contributed by atoms with E-state index in [1.54, 1.807) is 132 Å². The van der Waals surface area contributed by atoms with Crippen molar-refractivity contribution in [3.8, 4) is 34.9 Å².